The summed E-state index contributed by atoms with van der Waals surface area (Å²) in [6.45, 7) is 6.39. The van der Waals surface area contributed by atoms with E-state index in [-0.39, 0.29) is 11.9 Å². The molecule has 0 aliphatic rings. The predicted octanol–water partition coefficient (Wildman–Crippen LogP) is 4.53. The maximum atomic E-state index is 12.3. The van der Waals surface area contributed by atoms with Gasteiger partial charge in [0.15, 0.2) is 0 Å². The number of carbonyl (C=O) groups excluding carboxylic acids is 1. The molecule has 5 nitrogen and oxygen atoms in total. The second-order valence-electron chi connectivity index (χ2n) is 6.24. The molecule has 138 valence electrons. The molecule has 0 saturated heterocycles. The van der Waals surface area contributed by atoms with E-state index in [9.17, 15) is 4.79 Å². The van der Waals surface area contributed by atoms with Gasteiger partial charge in [-0.3, -0.25) is 9.48 Å². The monoisotopic (exact) mass is 392 g/mol. The van der Waals surface area contributed by atoms with E-state index >= 15 is 0 Å². The summed E-state index contributed by atoms with van der Waals surface area (Å²) < 4.78 is 1.84. The molecule has 7 heteroatoms. The molecule has 0 bridgehead atoms. The van der Waals surface area contributed by atoms with E-state index in [1.54, 1.807) is 12.1 Å². The standard InChI is InChI=1S/C19H22Cl2N4O/c1-12(15-5-7-17(20)18(21)11-15)23-19(26)8-6-16-13(2)24-25(14(16)3)10-4-9-22/h5,7,11-12H,4,6,8,10H2,1-3H3,(H,23,26). The molecular weight excluding hydrogens is 371 g/mol. The molecule has 0 fully saturated rings. The highest BCUT2D eigenvalue weighted by Gasteiger charge is 2.15. The Bertz CT molecular complexity index is 839. The first-order chi connectivity index (χ1) is 12.3. The van der Waals surface area contributed by atoms with E-state index in [1.165, 1.54) is 0 Å². The number of amides is 1. The van der Waals surface area contributed by atoms with Crippen molar-refractivity contribution in [2.75, 3.05) is 0 Å². The van der Waals surface area contributed by atoms with Crippen LogP contribution in [0.2, 0.25) is 10.0 Å². The maximum Gasteiger partial charge on any atom is 0.220 e. The summed E-state index contributed by atoms with van der Waals surface area (Å²) in [6, 6.07) is 7.32. The number of rotatable bonds is 7. The summed E-state index contributed by atoms with van der Waals surface area (Å²) in [5.41, 5.74) is 3.90. The lowest BCUT2D eigenvalue weighted by Crippen LogP contribution is -2.26. The minimum absolute atomic E-state index is 0.0350. The Morgan fingerprint density at radius 1 is 1.35 bits per heavy atom. The second kappa shape index (κ2) is 9.07. The Morgan fingerprint density at radius 2 is 2.08 bits per heavy atom. The Kier molecular flexibility index (Phi) is 7.07. The number of carbonyl (C=O) groups is 1. The maximum absolute atomic E-state index is 12.3. The summed E-state index contributed by atoms with van der Waals surface area (Å²) in [6.07, 6.45) is 1.41. The van der Waals surface area contributed by atoms with Crippen LogP contribution in [0.15, 0.2) is 18.2 Å². The number of halogens is 2. The molecule has 1 amide bonds. The van der Waals surface area contributed by atoms with Crippen LogP contribution in [-0.2, 0) is 17.8 Å². The molecule has 2 rings (SSSR count). The smallest absolute Gasteiger partial charge is 0.220 e. The molecule has 1 atom stereocenters. The van der Waals surface area contributed by atoms with Gasteiger partial charge in [-0.25, -0.2) is 0 Å². The fourth-order valence-electron chi connectivity index (χ4n) is 2.89. The summed E-state index contributed by atoms with van der Waals surface area (Å²) in [5.74, 6) is -0.0350. The normalized spacial score (nSPS) is 11.8. The molecule has 0 spiro atoms. The van der Waals surface area contributed by atoms with Gasteiger partial charge in [0.25, 0.3) is 0 Å². The highest BCUT2D eigenvalue weighted by Crippen LogP contribution is 2.25. The summed E-state index contributed by atoms with van der Waals surface area (Å²) in [5, 5.41) is 17.1. The first-order valence-corrected chi connectivity index (χ1v) is 9.23. The van der Waals surface area contributed by atoms with Crippen molar-refractivity contribution in [3.05, 3.63) is 50.8 Å². The van der Waals surface area contributed by atoms with Gasteiger partial charge in [0.2, 0.25) is 5.91 Å². The van der Waals surface area contributed by atoms with Crippen LogP contribution in [0.1, 0.15) is 48.3 Å². The zero-order chi connectivity index (χ0) is 19.3. The van der Waals surface area contributed by atoms with Gasteiger partial charge in [-0.05, 0) is 50.5 Å². The van der Waals surface area contributed by atoms with E-state index in [1.807, 2.05) is 31.5 Å². The lowest BCUT2D eigenvalue weighted by molar-refractivity contribution is -0.121. The zero-order valence-electron chi connectivity index (χ0n) is 15.1. The van der Waals surface area contributed by atoms with Crippen LogP contribution in [0.3, 0.4) is 0 Å². The number of benzene rings is 1. The van der Waals surface area contributed by atoms with E-state index in [0.29, 0.717) is 35.9 Å². The van der Waals surface area contributed by atoms with Gasteiger partial charge in [-0.2, -0.15) is 10.4 Å². The van der Waals surface area contributed by atoms with Gasteiger partial charge in [0.05, 0.1) is 40.8 Å². The van der Waals surface area contributed by atoms with Crippen LogP contribution in [0, 0.1) is 25.2 Å². The van der Waals surface area contributed by atoms with Gasteiger partial charge in [0, 0.05) is 12.1 Å². The van der Waals surface area contributed by atoms with Crippen molar-refractivity contribution in [3.63, 3.8) is 0 Å². The Labute approximate surface area is 163 Å². The molecule has 0 aliphatic heterocycles. The number of nitrogens with one attached hydrogen (secondary N) is 1. The van der Waals surface area contributed by atoms with E-state index in [4.69, 9.17) is 28.5 Å². The molecule has 1 heterocycles. The zero-order valence-corrected chi connectivity index (χ0v) is 16.7. The summed E-state index contributed by atoms with van der Waals surface area (Å²) >= 11 is 12.0. The molecule has 0 aliphatic carbocycles. The van der Waals surface area contributed by atoms with Gasteiger partial charge < -0.3 is 5.32 Å². The minimum atomic E-state index is -0.155. The van der Waals surface area contributed by atoms with Crippen LogP contribution in [-0.4, -0.2) is 15.7 Å². The fourth-order valence-corrected chi connectivity index (χ4v) is 3.19. The van der Waals surface area contributed by atoms with Crippen LogP contribution in [0.25, 0.3) is 0 Å². The van der Waals surface area contributed by atoms with Crippen molar-refractivity contribution in [2.24, 2.45) is 0 Å². The minimum Gasteiger partial charge on any atom is -0.350 e. The molecule has 1 N–H and O–H groups in total. The Morgan fingerprint density at radius 3 is 2.73 bits per heavy atom. The number of hydrogen-bond acceptors (Lipinski definition) is 3. The van der Waals surface area contributed by atoms with Crippen LogP contribution in [0.5, 0.6) is 0 Å². The Hall–Kier alpha value is -2.03. The number of aryl methyl sites for hydroxylation is 2. The highest BCUT2D eigenvalue weighted by atomic mass is 35.5. The molecule has 1 aromatic heterocycles. The third-order valence-corrected chi connectivity index (χ3v) is 5.13. The van der Waals surface area contributed by atoms with E-state index in [2.05, 4.69) is 16.5 Å². The van der Waals surface area contributed by atoms with Crippen molar-refractivity contribution >= 4 is 29.1 Å². The number of hydrogen-bond donors (Lipinski definition) is 1. The third kappa shape index (κ3) is 5.00. The van der Waals surface area contributed by atoms with Crippen LogP contribution in [0.4, 0.5) is 0 Å². The predicted molar refractivity (Wildman–Crippen MR) is 103 cm³/mol. The van der Waals surface area contributed by atoms with E-state index in [0.717, 1.165) is 22.5 Å². The SMILES string of the molecule is Cc1nn(CCC#N)c(C)c1CCC(=O)NC(C)c1ccc(Cl)c(Cl)c1. The fraction of sp³-hybridized carbons (Fsp3) is 0.421. The van der Waals surface area contributed by atoms with Crippen molar-refractivity contribution in [1.29, 1.82) is 5.26 Å². The quantitative estimate of drug-likeness (QED) is 0.751. The van der Waals surface area contributed by atoms with Crippen LogP contribution < -0.4 is 5.32 Å². The average molecular weight is 393 g/mol. The molecule has 0 saturated carbocycles. The average Bonchev–Trinajstić information content (AvgIpc) is 2.87. The van der Waals surface area contributed by atoms with Crippen molar-refractivity contribution in [2.45, 2.75) is 52.6 Å². The molecule has 2 aromatic rings. The molecule has 0 radical (unpaired) electrons. The van der Waals surface area contributed by atoms with Gasteiger partial charge in [-0.1, -0.05) is 29.3 Å². The largest absolute Gasteiger partial charge is 0.350 e. The summed E-state index contributed by atoms with van der Waals surface area (Å²) in [4.78, 5) is 12.3. The number of aromatic nitrogens is 2. The highest BCUT2D eigenvalue weighted by molar-refractivity contribution is 6.42. The molecule has 1 aromatic carbocycles. The van der Waals surface area contributed by atoms with Gasteiger partial charge >= 0.3 is 0 Å². The topological polar surface area (TPSA) is 70.7 Å². The van der Waals surface area contributed by atoms with Crippen LogP contribution >= 0.6 is 23.2 Å². The lowest BCUT2D eigenvalue weighted by Gasteiger charge is -2.15. The molecular formula is C19H22Cl2N4O. The second-order valence-corrected chi connectivity index (χ2v) is 7.06. The van der Waals surface area contributed by atoms with Crippen molar-refractivity contribution < 1.29 is 4.79 Å². The molecule has 1 unspecified atom stereocenters. The van der Waals surface area contributed by atoms with Crippen molar-refractivity contribution in [1.82, 2.24) is 15.1 Å². The van der Waals surface area contributed by atoms with Gasteiger partial charge in [-0.15, -0.1) is 0 Å². The third-order valence-electron chi connectivity index (χ3n) is 4.39. The first-order valence-electron chi connectivity index (χ1n) is 8.47. The first kappa shape index (κ1) is 20.3. The van der Waals surface area contributed by atoms with E-state index < -0.39 is 0 Å². The van der Waals surface area contributed by atoms with Gasteiger partial charge in [0.1, 0.15) is 0 Å². The van der Waals surface area contributed by atoms with Crippen molar-refractivity contribution in [3.8, 4) is 6.07 Å². The summed E-state index contributed by atoms with van der Waals surface area (Å²) in [7, 11) is 0. The molecule has 26 heavy (non-hydrogen) atoms. The number of nitrogens with zero attached hydrogens (tertiary/aromatic N) is 3. The Balaban J connectivity index is 1.95. The number of nitriles is 1. The lowest BCUT2D eigenvalue weighted by atomic mass is 10.1.